The van der Waals surface area contributed by atoms with Gasteiger partial charge in [0, 0.05) is 6.54 Å². The highest BCUT2D eigenvalue weighted by molar-refractivity contribution is 7.93. The second-order valence-corrected chi connectivity index (χ2v) is 6.26. The summed E-state index contributed by atoms with van der Waals surface area (Å²) >= 11 is 0. The topological polar surface area (TPSA) is 74.7 Å². The Balaban J connectivity index is 2.48. The van der Waals surface area contributed by atoms with Gasteiger partial charge >= 0.3 is 5.97 Å². The van der Waals surface area contributed by atoms with Gasteiger partial charge in [-0.1, -0.05) is 6.92 Å². The van der Waals surface area contributed by atoms with Crippen molar-refractivity contribution in [1.82, 2.24) is 0 Å². The average molecular weight is 269 g/mol. The van der Waals surface area contributed by atoms with Crippen LogP contribution in [0.4, 0.5) is 5.69 Å². The molecule has 0 bridgehead atoms. The number of carbonyl (C=O) groups is 1. The molecule has 0 aromatic heterocycles. The van der Waals surface area contributed by atoms with Crippen molar-refractivity contribution in [2.45, 2.75) is 19.8 Å². The van der Waals surface area contributed by atoms with E-state index in [1.54, 1.807) is 12.1 Å². The van der Waals surface area contributed by atoms with Gasteiger partial charge in [-0.25, -0.2) is 13.2 Å². The lowest BCUT2D eigenvalue weighted by Gasteiger charge is -2.20. The molecule has 1 aliphatic heterocycles. The SMILES string of the molecule is CCc1cc(C(=O)O)ccc1N1CCCS1(=O)=O. The van der Waals surface area contributed by atoms with Gasteiger partial charge in [0.25, 0.3) is 0 Å². The van der Waals surface area contributed by atoms with Crippen molar-refractivity contribution in [3.8, 4) is 0 Å². The summed E-state index contributed by atoms with van der Waals surface area (Å²) in [5.74, 6) is -0.836. The lowest BCUT2D eigenvalue weighted by Crippen LogP contribution is -2.26. The summed E-state index contributed by atoms with van der Waals surface area (Å²) in [4.78, 5) is 10.9. The number of carboxylic acid groups (broad SMARTS) is 1. The minimum Gasteiger partial charge on any atom is -0.478 e. The van der Waals surface area contributed by atoms with E-state index >= 15 is 0 Å². The first-order chi connectivity index (χ1) is 8.45. The van der Waals surface area contributed by atoms with E-state index in [2.05, 4.69) is 0 Å². The molecule has 1 saturated heterocycles. The van der Waals surface area contributed by atoms with Gasteiger partial charge < -0.3 is 5.11 Å². The van der Waals surface area contributed by atoms with Crippen LogP contribution in [0.5, 0.6) is 0 Å². The number of sulfonamides is 1. The van der Waals surface area contributed by atoms with Crippen LogP contribution in [0, 0.1) is 0 Å². The van der Waals surface area contributed by atoms with Crippen molar-refractivity contribution >= 4 is 21.7 Å². The normalized spacial score (nSPS) is 17.9. The Hall–Kier alpha value is -1.56. The number of aromatic carboxylic acids is 1. The largest absolute Gasteiger partial charge is 0.478 e. The molecule has 0 spiro atoms. The van der Waals surface area contributed by atoms with Crippen molar-refractivity contribution < 1.29 is 18.3 Å². The lowest BCUT2D eigenvalue weighted by molar-refractivity contribution is 0.0697. The smallest absolute Gasteiger partial charge is 0.335 e. The van der Waals surface area contributed by atoms with E-state index in [0.717, 1.165) is 5.56 Å². The summed E-state index contributed by atoms with van der Waals surface area (Å²) in [6.07, 6.45) is 1.22. The second-order valence-electron chi connectivity index (χ2n) is 4.24. The Morgan fingerprint density at radius 3 is 2.67 bits per heavy atom. The fourth-order valence-corrected chi connectivity index (χ4v) is 3.75. The Kier molecular flexibility index (Phi) is 3.30. The van der Waals surface area contributed by atoms with Gasteiger partial charge in [0.15, 0.2) is 0 Å². The van der Waals surface area contributed by atoms with Crippen molar-refractivity contribution in [2.24, 2.45) is 0 Å². The third-order valence-corrected chi connectivity index (χ3v) is 4.93. The molecule has 1 aromatic carbocycles. The summed E-state index contributed by atoms with van der Waals surface area (Å²) < 4.78 is 25.1. The Morgan fingerprint density at radius 2 is 2.17 bits per heavy atom. The van der Waals surface area contributed by atoms with Crippen LogP contribution in [-0.4, -0.2) is 31.8 Å². The molecule has 0 aliphatic carbocycles. The van der Waals surface area contributed by atoms with E-state index < -0.39 is 16.0 Å². The molecule has 18 heavy (non-hydrogen) atoms. The number of rotatable bonds is 3. The van der Waals surface area contributed by atoms with Crippen molar-refractivity contribution in [3.63, 3.8) is 0 Å². The van der Waals surface area contributed by atoms with Crippen molar-refractivity contribution in [2.75, 3.05) is 16.6 Å². The van der Waals surface area contributed by atoms with Crippen LogP contribution >= 0.6 is 0 Å². The molecule has 5 nitrogen and oxygen atoms in total. The first-order valence-corrected chi connectivity index (χ1v) is 7.43. The van der Waals surface area contributed by atoms with E-state index in [-0.39, 0.29) is 11.3 Å². The van der Waals surface area contributed by atoms with E-state index in [0.29, 0.717) is 25.1 Å². The first kappa shape index (κ1) is 12.9. The zero-order valence-electron chi connectivity index (χ0n) is 10.1. The van der Waals surface area contributed by atoms with Gasteiger partial charge in [-0.05, 0) is 36.6 Å². The zero-order chi connectivity index (χ0) is 13.3. The molecule has 0 atom stereocenters. The second kappa shape index (κ2) is 4.61. The van der Waals surface area contributed by atoms with Gasteiger partial charge in [-0.3, -0.25) is 4.31 Å². The monoisotopic (exact) mass is 269 g/mol. The number of hydrogen-bond donors (Lipinski definition) is 1. The van der Waals surface area contributed by atoms with Gasteiger partial charge in [-0.2, -0.15) is 0 Å². The van der Waals surface area contributed by atoms with Crippen LogP contribution in [0.2, 0.25) is 0 Å². The van der Waals surface area contributed by atoms with Gasteiger partial charge in [0.2, 0.25) is 10.0 Å². The van der Waals surface area contributed by atoms with Crippen molar-refractivity contribution in [1.29, 1.82) is 0 Å². The van der Waals surface area contributed by atoms with Crippen LogP contribution in [-0.2, 0) is 16.4 Å². The van der Waals surface area contributed by atoms with Gasteiger partial charge in [-0.15, -0.1) is 0 Å². The van der Waals surface area contributed by atoms with Gasteiger partial charge in [0.05, 0.1) is 17.0 Å². The molecule has 6 heteroatoms. The number of nitrogens with zero attached hydrogens (tertiary/aromatic N) is 1. The molecule has 0 amide bonds. The number of hydrogen-bond acceptors (Lipinski definition) is 3. The summed E-state index contributed by atoms with van der Waals surface area (Å²) in [6.45, 7) is 2.36. The molecule has 1 aromatic rings. The van der Waals surface area contributed by atoms with Crippen LogP contribution in [0.15, 0.2) is 18.2 Å². The highest BCUT2D eigenvalue weighted by Crippen LogP contribution is 2.28. The highest BCUT2D eigenvalue weighted by Gasteiger charge is 2.29. The molecule has 0 saturated carbocycles. The number of aryl methyl sites for hydroxylation is 1. The van der Waals surface area contributed by atoms with Crippen LogP contribution in [0.25, 0.3) is 0 Å². The minimum atomic E-state index is -3.22. The van der Waals surface area contributed by atoms with E-state index in [1.165, 1.54) is 10.4 Å². The molecular weight excluding hydrogens is 254 g/mol. The third-order valence-electron chi connectivity index (χ3n) is 3.08. The first-order valence-electron chi connectivity index (χ1n) is 5.82. The fraction of sp³-hybridized carbons (Fsp3) is 0.417. The van der Waals surface area contributed by atoms with Crippen LogP contribution in [0.1, 0.15) is 29.3 Å². The molecule has 0 unspecified atom stereocenters. The lowest BCUT2D eigenvalue weighted by atomic mass is 10.1. The average Bonchev–Trinajstić information content (AvgIpc) is 2.67. The molecule has 98 valence electrons. The van der Waals surface area contributed by atoms with E-state index in [1.807, 2.05) is 6.92 Å². The summed E-state index contributed by atoms with van der Waals surface area (Å²) in [6, 6.07) is 4.58. The Bertz CT molecular complexity index is 580. The number of benzene rings is 1. The Labute approximate surface area is 106 Å². The fourth-order valence-electron chi connectivity index (χ4n) is 2.16. The highest BCUT2D eigenvalue weighted by atomic mass is 32.2. The van der Waals surface area contributed by atoms with Gasteiger partial charge in [0.1, 0.15) is 0 Å². The van der Waals surface area contributed by atoms with Crippen LogP contribution < -0.4 is 4.31 Å². The molecule has 1 N–H and O–H groups in total. The zero-order valence-corrected chi connectivity index (χ0v) is 10.9. The summed E-state index contributed by atoms with van der Waals surface area (Å²) in [5, 5.41) is 8.93. The molecular formula is C12H15NO4S. The number of carboxylic acids is 1. The third kappa shape index (κ3) is 2.20. The maximum atomic E-state index is 11.9. The maximum Gasteiger partial charge on any atom is 0.335 e. The molecule has 0 radical (unpaired) electrons. The minimum absolute atomic E-state index is 0.164. The predicted octanol–water partition coefficient (Wildman–Crippen LogP) is 1.49. The molecule has 1 heterocycles. The summed E-state index contributed by atoms with van der Waals surface area (Å²) in [5.41, 5.74) is 1.55. The predicted molar refractivity (Wildman–Crippen MR) is 68.5 cm³/mol. The summed E-state index contributed by atoms with van der Waals surface area (Å²) in [7, 11) is -3.22. The molecule has 1 fully saturated rings. The maximum absolute atomic E-state index is 11.9. The van der Waals surface area contributed by atoms with Crippen molar-refractivity contribution in [3.05, 3.63) is 29.3 Å². The van der Waals surface area contributed by atoms with E-state index in [9.17, 15) is 13.2 Å². The molecule has 1 aliphatic rings. The molecule has 2 rings (SSSR count). The van der Waals surface area contributed by atoms with E-state index in [4.69, 9.17) is 5.11 Å². The standard InChI is InChI=1S/C12H15NO4S/c1-2-9-8-10(12(14)15)4-5-11(9)13-6-3-7-18(13,16)17/h4-5,8H,2-3,6-7H2,1H3,(H,14,15). The van der Waals surface area contributed by atoms with Crippen LogP contribution in [0.3, 0.4) is 0 Å². The Morgan fingerprint density at radius 1 is 1.44 bits per heavy atom. The quantitative estimate of drug-likeness (QED) is 0.902. The number of anilines is 1.